The summed E-state index contributed by atoms with van der Waals surface area (Å²) in [6, 6.07) is 4.70. The highest BCUT2D eigenvalue weighted by atomic mass is 32.2. The van der Waals surface area contributed by atoms with E-state index in [9.17, 15) is 9.50 Å². The van der Waals surface area contributed by atoms with E-state index in [-0.39, 0.29) is 0 Å². The first-order valence-electron chi connectivity index (χ1n) is 5.08. The Labute approximate surface area is 102 Å². The second-order valence-corrected chi connectivity index (χ2v) is 4.66. The van der Waals surface area contributed by atoms with Gasteiger partial charge in [-0.25, -0.2) is 4.39 Å². The van der Waals surface area contributed by atoms with Crippen LogP contribution in [0.1, 0.15) is 18.6 Å². The minimum absolute atomic E-state index is 0.292. The number of aromatic nitrogens is 3. The van der Waals surface area contributed by atoms with Gasteiger partial charge in [-0.3, -0.25) is 0 Å². The number of rotatable bonds is 3. The van der Waals surface area contributed by atoms with Gasteiger partial charge in [0.1, 0.15) is 12.1 Å². The van der Waals surface area contributed by atoms with Gasteiger partial charge in [0.25, 0.3) is 0 Å². The van der Waals surface area contributed by atoms with E-state index in [0.29, 0.717) is 15.6 Å². The Bertz CT molecular complexity index is 527. The molecule has 1 heterocycles. The predicted octanol–water partition coefficient (Wildman–Crippen LogP) is 2.16. The van der Waals surface area contributed by atoms with Crippen molar-refractivity contribution in [2.24, 2.45) is 7.05 Å². The van der Waals surface area contributed by atoms with Crippen LogP contribution in [0.25, 0.3) is 0 Å². The lowest BCUT2D eigenvalue weighted by molar-refractivity contribution is 0.191. The van der Waals surface area contributed by atoms with Crippen molar-refractivity contribution in [3.8, 4) is 0 Å². The molecule has 0 saturated heterocycles. The molecule has 0 spiro atoms. The van der Waals surface area contributed by atoms with Crippen LogP contribution >= 0.6 is 11.8 Å². The van der Waals surface area contributed by atoms with Crippen LogP contribution in [-0.4, -0.2) is 19.9 Å². The molecule has 90 valence electrons. The Kier molecular flexibility index (Phi) is 3.44. The highest BCUT2D eigenvalue weighted by molar-refractivity contribution is 7.99. The Morgan fingerprint density at radius 3 is 2.82 bits per heavy atom. The molecule has 0 radical (unpaired) electrons. The summed E-state index contributed by atoms with van der Waals surface area (Å²) < 4.78 is 15.4. The molecular weight excluding hydrogens is 241 g/mol. The number of hydrogen-bond acceptors (Lipinski definition) is 4. The molecule has 2 rings (SSSR count). The summed E-state index contributed by atoms with van der Waals surface area (Å²) in [7, 11) is 1.81. The Balaban J connectivity index is 2.39. The molecule has 17 heavy (non-hydrogen) atoms. The molecule has 1 aromatic carbocycles. The second kappa shape index (κ2) is 4.85. The molecule has 0 bridgehead atoms. The van der Waals surface area contributed by atoms with Crippen molar-refractivity contribution in [1.82, 2.24) is 14.8 Å². The smallest absolute Gasteiger partial charge is 0.195 e. The standard InChI is InChI=1S/C11H12FN3OS/c1-7(16)10-8(12)4-3-5-9(10)17-11-14-13-6-15(11)2/h3-7,16H,1-2H3/t7-/m1/s1. The zero-order valence-corrected chi connectivity index (χ0v) is 10.3. The maximum absolute atomic E-state index is 13.6. The first kappa shape index (κ1) is 12.1. The second-order valence-electron chi connectivity index (χ2n) is 3.65. The molecule has 1 atom stereocenters. The van der Waals surface area contributed by atoms with Crippen LogP contribution in [-0.2, 0) is 7.05 Å². The van der Waals surface area contributed by atoms with Gasteiger partial charge in [0.2, 0.25) is 0 Å². The summed E-state index contributed by atoms with van der Waals surface area (Å²) in [5.41, 5.74) is 0.292. The normalized spacial score (nSPS) is 12.7. The van der Waals surface area contributed by atoms with Gasteiger partial charge in [0, 0.05) is 17.5 Å². The van der Waals surface area contributed by atoms with Crippen LogP contribution in [0.2, 0.25) is 0 Å². The number of hydrogen-bond donors (Lipinski definition) is 1. The minimum Gasteiger partial charge on any atom is -0.389 e. The van der Waals surface area contributed by atoms with Crippen molar-refractivity contribution < 1.29 is 9.50 Å². The van der Waals surface area contributed by atoms with E-state index in [1.54, 1.807) is 30.0 Å². The molecule has 1 aromatic heterocycles. The number of aryl methyl sites for hydroxylation is 1. The van der Waals surface area contributed by atoms with E-state index in [2.05, 4.69) is 10.2 Å². The fraction of sp³-hybridized carbons (Fsp3) is 0.273. The van der Waals surface area contributed by atoms with Crippen LogP contribution in [0.5, 0.6) is 0 Å². The maximum Gasteiger partial charge on any atom is 0.195 e. The third-order valence-electron chi connectivity index (χ3n) is 2.30. The van der Waals surface area contributed by atoms with Gasteiger partial charge >= 0.3 is 0 Å². The molecule has 0 fully saturated rings. The maximum atomic E-state index is 13.6. The first-order chi connectivity index (χ1) is 8.09. The Morgan fingerprint density at radius 1 is 1.47 bits per heavy atom. The van der Waals surface area contributed by atoms with Crippen LogP contribution in [0.15, 0.2) is 34.6 Å². The molecule has 0 unspecified atom stereocenters. The summed E-state index contributed by atoms with van der Waals surface area (Å²) in [4.78, 5) is 0.649. The van der Waals surface area contributed by atoms with E-state index in [1.807, 2.05) is 7.05 Å². The minimum atomic E-state index is -0.855. The van der Waals surface area contributed by atoms with E-state index < -0.39 is 11.9 Å². The summed E-state index contributed by atoms with van der Waals surface area (Å²) in [5, 5.41) is 17.9. The number of halogens is 1. The molecule has 4 nitrogen and oxygen atoms in total. The highest BCUT2D eigenvalue weighted by Gasteiger charge is 2.15. The summed E-state index contributed by atoms with van der Waals surface area (Å²) in [6.07, 6.45) is 0.718. The summed E-state index contributed by atoms with van der Waals surface area (Å²) in [5.74, 6) is -0.410. The lowest BCUT2D eigenvalue weighted by Gasteiger charge is -2.11. The number of benzene rings is 1. The SMILES string of the molecule is C[C@@H](O)c1c(F)cccc1Sc1nncn1C. The van der Waals surface area contributed by atoms with Crippen molar-refractivity contribution in [1.29, 1.82) is 0 Å². The molecule has 0 amide bonds. The van der Waals surface area contributed by atoms with Crippen LogP contribution in [0.4, 0.5) is 4.39 Å². The van der Waals surface area contributed by atoms with Crippen LogP contribution in [0.3, 0.4) is 0 Å². The first-order valence-corrected chi connectivity index (χ1v) is 5.89. The topological polar surface area (TPSA) is 50.9 Å². The highest BCUT2D eigenvalue weighted by Crippen LogP contribution is 2.33. The number of aliphatic hydroxyl groups excluding tert-OH is 1. The number of aliphatic hydroxyl groups is 1. The Morgan fingerprint density at radius 2 is 2.24 bits per heavy atom. The zero-order chi connectivity index (χ0) is 12.4. The predicted molar refractivity (Wildman–Crippen MR) is 62.2 cm³/mol. The van der Waals surface area contributed by atoms with Crippen molar-refractivity contribution in [3.05, 3.63) is 35.9 Å². The quantitative estimate of drug-likeness (QED) is 0.910. The van der Waals surface area contributed by atoms with E-state index in [0.717, 1.165) is 0 Å². The Hall–Kier alpha value is -1.40. The monoisotopic (exact) mass is 253 g/mol. The molecule has 0 aliphatic rings. The van der Waals surface area contributed by atoms with Gasteiger partial charge in [-0.1, -0.05) is 6.07 Å². The van der Waals surface area contributed by atoms with E-state index in [4.69, 9.17) is 0 Å². The average molecular weight is 253 g/mol. The van der Waals surface area contributed by atoms with Crippen molar-refractivity contribution >= 4 is 11.8 Å². The van der Waals surface area contributed by atoms with Gasteiger partial charge in [-0.15, -0.1) is 10.2 Å². The van der Waals surface area contributed by atoms with Gasteiger partial charge in [0.15, 0.2) is 5.16 Å². The third-order valence-corrected chi connectivity index (χ3v) is 3.43. The van der Waals surface area contributed by atoms with Gasteiger partial charge in [0.05, 0.1) is 6.10 Å². The molecule has 6 heteroatoms. The van der Waals surface area contributed by atoms with Crippen molar-refractivity contribution in [2.75, 3.05) is 0 Å². The van der Waals surface area contributed by atoms with Crippen molar-refractivity contribution in [2.45, 2.75) is 23.1 Å². The van der Waals surface area contributed by atoms with E-state index >= 15 is 0 Å². The molecule has 0 aliphatic heterocycles. The van der Waals surface area contributed by atoms with Crippen molar-refractivity contribution in [3.63, 3.8) is 0 Å². The lowest BCUT2D eigenvalue weighted by atomic mass is 10.1. The van der Waals surface area contributed by atoms with Gasteiger partial charge in [-0.05, 0) is 30.8 Å². The molecule has 0 aliphatic carbocycles. The summed E-state index contributed by atoms with van der Waals surface area (Å²) in [6.45, 7) is 1.54. The van der Waals surface area contributed by atoms with Crippen LogP contribution < -0.4 is 0 Å². The largest absolute Gasteiger partial charge is 0.389 e. The van der Waals surface area contributed by atoms with E-state index in [1.165, 1.54) is 17.8 Å². The van der Waals surface area contributed by atoms with Gasteiger partial charge < -0.3 is 9.67 Å². The zero-order valence-electron chi connectivity index (χ0n) is 9.46. The molecule has 0 saturated carbocycles. The lowest BCUT2D eigenvalue weighted by Crippen LogP contribution is -1.99. The molecular formula is C11H12FN3OS. The summed E-state index contributed by atoms with van der Waals surface area (Å²) >= 11 is 1.28. The fourth-order valence-corrected chi connectivity index (χ4v) is 2.48. The van der Waals surface area contributed by atoms with Crippen LogP contribution in [0, 0.1) is 5.82 Å². The fourth-order valence-electron chi connectivity index (χ4n) is 1.48. The average Bonchev–Trinajstić information content (AvgIpc) is 2.64. The van der Waals surface area contributed by atoms with Gasteiger partial charge in [-0.2, -0.15) is 0 Å². The molecule has 2 aromatic rings. The molecule has 1 N–H and O–H groups in total. The third kappa shape index (κ3) is 2.48. The number of nitrogens with zero attached hydrogens (tertiary/aromatic N) is 3.